The minimum atomic E-state index is -4.61. The maximum absolute atomic E-state index is 13.8. The number of nitrogens with zero attached hydrogens (tertiary/aromatic N) is 2. The number of ether oxygens (including phenoxy) is 1. The number of hydrogen-bond acceptors (Lipinski definition) is 5. The van der Waals surface area contributed by atoms with E-state index < -0.39 is 30.4 Å². The predicted octanol–water partition coefficient (Wildman–Crippen LogP) is 3.32. The zero-order valence-electron chi connectivity index (χ0n) is 15.8. The number of alkyl halides is 3. The Morgan fingerprint density at radius 1 is 1.21 bits per heavy atom. The lowest BCUT2D eigenvalue weighted by atomic mass is 10.1. The molecule has 0 fully saturated rings. The molecule has 0 aliphatic carbocycles. The smallest absolute Gasteiger partial charge is 0.422 e. The average molecular weight is 413 g/mol. The molecule has 0 atom stereocenters. The van der Waals surface area contributed by atoms with Gasteiger partial charge in [-0.05, 0) is 30.7 Å². The highest BCUT2D eigenvalue weighted by Gasteiger charge is 2.29. The first kappa shape index (κ1) is 22.3. The van der Waals surface area contributed by atoms with Crippen molar-refractivity contribution in [2.24, 2.45) is 0 Å². The van der Waals surface area contributed by atoms with Crippen LogP contribution in [-0.2, 0) is 17.8 Å². The molecule has 0 unspecified atom stereocenters. The fourth-order valence-corrected chi connectivity index (χ4v) is 2.39. The monoisotopic (exact) mass is 413 g/mol. The fraction of sp³-hybridized carbons (Fsp3) is 0.368. The van der Waals surface area contributed by atoms with E-state index in [1.54, 1.807) is 19.9 Å². The number of amides is 1. The fourth-order valence-electron chi connectivity index (χ4n) is 2.39. The molecule has 6 nitrogen and oxygen atoms in total. The van der Waals surface area contributed by atoms with E-state index in [9.17, 15) is 27.2 Å². The van der Waals surface area contributed by atoms with Crippen LogP contribution >= 0.6 is 0 Å². The molecule has 0 aromatic carbocycles. The van der Waals surface area contributed by atoms with Crippen LogP contribution in [0.4, 0.5) is 17.6 Å². The molecule has 2 heterocycles. The van der Waals surface area contributed by atoms with Gasteiger partial charge < -0.3 is 10.1 Å². The van der Waals surface area contributed by atoms with E-state index in [2.05, 4.69) is 20.0 Å². The van der Waals surface area contributed by atoms with Crippen molar-refractivity contribution in [2.45, 2.75) is 39.4 Å². The molecule has 10 heteroatoms. The lowest BCUT2D eigenvalue weighted by molar-refractivity contribution is -0.154. The van der Waals surface area contributed by atoms with Gasteiger partial charge in [0, 0.05) is 42.5 Å². The first-order chi connectivity index (χ1) is 13.6. The molecule has 1 amide bonds. The minimum absolute atomic E-state index is 0.0103. The maximum atomic E-state index is 13.8. The molecule has 2 aromatic heterocycles. The van der Waals surface area contributed by atoms with Gasteiger partial charge in [-0.3, -0.25) is 14.6 Å². The highest BCUT2D eigenvalue weighted by molar-refractivity contribution is 5.94. The van der Waals surface area contributed by atoms with Crippen molar-refractivity contribution in [1.82, 2.24) is 15.3 Å². The summed E-state index contributed by atoms with van der Waals surface area (Å²) in [5, 5.41) is 2.56. The Bertz CT molecular complexity index is 901. The molecular weight excluding hydrogens is 394 g/mol. The van der Waals surface area contributed by atoms with Gasteiger partial charge in [0.15, 0.2) is 12.4 Å². The molecule has 156 valence electrons. The molecule has 0 bridgehead atoms. The van der Waals surface area contributed by atoms with Gasteiger partial charge in [-0.15, -0.1) is 0 Å². The maximum Gasteiger partial charge on any atom is 0.422 e. The summed E-state index contributed by atoms with van der Waals surface area (Å²) in [4.78, 5) is 31.7. The van der Waals surface area contributed by atoms with Crippen molar-refractivity contribution in [3.63, 3.8) is 0 Å². The summed E-state index contributed by atoms with van der Waals surface area (Å²) in [5.74, 6) is -2.32. The van der Waals surface area contributed by atoms with Gasteiger partial charge in [-0.25, -0.2) is 9.37 Å². The second-order valence-electron chi connectivity index (χ2n) is 6.27. The number of nitrogens with one attached hydrogen (secondary N) is 1. The highest BCUT2D eigenvalue weighted by Crippen LogP contribution is 2.20. The largest absolute Gasteiger partial charge is 0.466 e. The molecule has 0 saturated heterocycles. The summed E-state index contributed by atoms with van der Waals surface area (Å²) in [6.45, 7) is 1.66. The summed E-state index contributed by atoms with van der Waals surface area (Å²) in [6, 6.07) is 3.98. The molecule has 1 N–H and O–H groups in total. The second-order valence-corrected chi connectivity index (χ2v) is 6.27. The van der Waals surface area contributed by atoms with Crippen molar-refractivity contribution < 1.29 is 31.9 Å². The number of aryl methyl sites for hydroxylation is 1. The zero-order chi connectivity index (χ0) is 21.6. The van der Waals surface area contributed by atoms with Crippen LogP contribution in [-0.4, -0.2) is 34.4 Å². The Kier molecular flexibility index (Phi) is 7.24. The first-order valence-electron chi connectivity index (χ1n) is 8.69. The molecule has 0 saturated carbocycles. The number of ketones is 1. The number of carbonyl (C=O) groups is 2. The Labute approximate surface area is 164 Å². The van der Waals surface area contributed by atoms with Crippen LogP contribution in [0.15, 0.2) is 24.4 Å². The van der Waals surface area contributed by atoms with Gasteiger partial charge in [0.1, 0.15) is 5.78 Å². The first-order valence-corrected chi connectivity index (χ1v) is 8.69. The molecule has 29 heavy (non-hydrogen) atoms. The van der Waals surface area contributed by atoms with E-state index in [-0.39, 0.29) is 29.9 Å². The van der Waals surface area contributed by atoms with Gasteiger partial charge in [-0.1, -0.05) is 6.92 Å². The van der Waals surface area contributed by atoms with E-state index in [0.29, 0.717) is 17.8 Å². The Morgan fingerprint density at radius 2 is 1.93 bits per heavy atom. The van der Waals surface area contributed by atoms with Crippen LogP contribution in [0.2, 0.25) is 0 Å². The van der Waals surface area contributed by atoms with Crippen molar-refractivity contribution >= 4 is 11.7 Å². The van der Waals surface area contributed by atoms with Crippen LogP contribution in [0, 0.1) is 12.7 Å². The predicted molar refractivity (Wildman–Crippen MR) is 94.9 cm³/mol. The van der Waals surface area contributed by atoms with Gasteiger partial charge in [0.05, 0.1) is 0 Å². The topological polar surface area (TPSA) is 81.2 Å². The molecule has 0 aliphatic heterocycles. The molecule has 0 aliphatic rings. The number of Topliss-reactive ketones (excluding diaryl/α,β-unsaturated/α-hetero) is 1. The van der Waals surface area contributed by atoms with E-state index in [0.717, 1.165) is 12.3 Å². The van der Waals surface area contributed by atoms with Gasteiger partial charge >= 0.3 is 6.18 Å². The SMILES string of the molecule is CCC(=O)Cc1cc(C(=O)NCc2cnc(OCC(F)(F)F)c(F)c2)cc(C)n1. The van der Waals surface area contributed by atoms with E-state index >= 15 is 0 Å². The second kappa shape index (κ2) is 9.44. The number of aromatic nitrogens is 2. The minimum Gasteiger partial charge on any atom is -0.466 e. The Hall–Kier alpha value is -3.04. The van der Waals surface area contributed by atoms with Crippen molar-refractivity contribution in [2.75, 3.05) is 6.61 Å². The number of pyridine rings is 2. The van der Waals surface area contributed by atoms with Crippen molar-refractivity contribution in [3.05, 3.63) is 52.7 Å². The average Bonchev–Trinajstić information content (AvgIpc) is 2.64. The summed E-state index contributed by atoms with van der Waals surface area (Å²) >= 11 is 0. The van der Waals surface area contributed by atoms with Crippen LogP contribution in [0.25, 0.3) is 0 Å². The Morgan fingerprint density at radius 3 is 2.55 bits per heavy atom. The normalized spacial score (nSPS) is 11.2. The summed E-state index contributed by atoms with van der Waals surface area (Å²) in [7, 11) is 0. The van der Waals surface area contributed by atoms with E-state index in [1.165, 1.54) is 6.07 Å². The number of carbonyl (C=O) groups excluding carboxylic acids is 2. The van der Waals surface area contributed by atoms with Crippen LogP contribution in [0.3, 0.4) is 0 Å². The molecular formula is C19H19F4N3O3. The third-order valence-corrected chi connectivity index (χ3v) is 3.73. The zero-order valence-corrected chi connectivity index (χ0v) is 15.8. The lowest BCUT2D eigenvalue weighted by Gasteiger charge is -2.10. The number of hydrogen-bond donors (Lipinski definition) is 1. The number of halogens is 4. The molecule has 0 radical (unpaired) electrons. The molecule has 0 spiro atoms. The van der Waals surface area contributed by atoms with E-state index in [1.807, 2.05) is 0 Å². The van der Waals surface area contributed by atoms with E-state index in [4.69, 9.17) is 0 Å². The van der Waals surface area contributed by atoms with Crippen molar-refractivity contribution in [3.8, 4) is 5.88 Å². The summed E-state index contributed by atoms with van der Waals surface area (Å²) < 4.78 is 54.5. The third kappa shape index (κ3) is 7.13. The van der Waals surface area contributed by atoms with Gasteiger partial charge in [0.25, 0.3) is 11.8 Å². The van der Waals surface area contributed by atoms with Gasteiger partial charge in [-0.2, -0.15) is 13.2 Å². The van der Waals surface area contributed by atoms with Crippen LogP contribution in [0.1, 0.15) is 40.7 Å². The molecule has 2 rings (SSSR count). The Balaban J connectivity index is 2.02. The van der Waals surface area contributed by atoms with Crippen LogP contribution in [0.5, 0.6) is 5.88 Å². The van der Waals surface area contributed by atoms with Gasteiger partial charge in [0.2, 0.25) is 0 Å². The third-order valence-electron chi connectivity index (χ3n) is 3.73. The summed E-state index contributed by atoms with van der Waals surface area (Å²) in [5.41, 5.74) is 1.56. The summed E-state index contributed by atoms with van der Waals surface area (Å²) in [6.07, 6.45) is -3.02. The number of rotatable bonds is 8. The van der Waals surface area contributed by atoms with Crippen LogP contribution < -0.4 is 10.1 Å². The standard InChI is InChI=1S/C19H19F4N3O3/c1-3-15(27)7-14-6-13(4-11(2)26-14)17(28)24-8-12-5-16(20)18(25-9-12)29-10-19(21,22)23/h4-6,9H,3,7-8,10H2,1-2H3,(H,24,28). The lowest BCUT2D eigenvalue weighted by Crippen LogP contribution is -2.24. The highest BCUT2D eigenvalue weighted by atomic mass is 19.4. The van der Waals surface area contributed by atoms with Crippen molar-refractivity contribution in [1.29, 1.82) is 0 Å². The molecule has 2 aromatic rings. The quantitative estimate of drug-likeness (QED) is 0.672.